The number of ether oxygens (including phenoxy) is 2. The molecule has 0 fully saturated rings. The van der Waals surface area contributed by atoms with Crippen LogP contribution in [0.3, 0.4) is 0 Å². The Balaban J connectivity index is 2.52. The molecule has 0 radical (unpaired) electrons. The van der Waals surface area contributed by atoms with Crippen LogP contribution < -0.4 is 9.47 Å². The first-order chi connectivity index (χ1) is 8.80. The molecule has 0 amide bonds. The molecule has 5 nitrogen and oxygen atoms in total. The number of aromatic nitrogens is 2. The molecule has 1 aromatic carbocycles. The number of methoxy groups -OCH3 is 2. The smallest absolute Gasteiger partial charge is 0.316 e. The summed E-state index contributed by atoms with van der Waals surface area (Å²) in [7, 11) is 3.02. The number of carbonyl (C=O) groups is 1. The van der Waals surface area contributed by atoms with E-state index in [0.717, 1.165) is 17.4 Å². The molecule has 92 valence electrons. The number of aldehydes is 1. The summed E-state index contributed by atoms with van der Waals surface area (Å²) in [4.78, 5) is 19.2. The van der Waals surface area contributed by atoms with E-state index in [1.54, 1.807) is 18.5 Å². The monoisotopic (exact) mass is 244 g/mol. The number of benzene rings is 1. The fourth-order valence-corrected chi connectivity index (χ4v) is 1.66. The molecule has 0 saturated heterocycles. The normalized spacial score (nSPS) is 9.89. The number of nitrogens with zero attached hydrogens (tertiary/aromatic N) is 2. The van der Waals surface area contributed by atoms with Crippen molar-refractivity contribution in [2.45, 2.75) is 0 Å². The third-order valence-corrected chi connectivity index (χ3v) is 2.53. The van der Waals surface area contributed by atoms with Crippen LogP contribution in [-0.2, 0) is 0 Å². The van der Waals surface area contributed by atoms with E-state index in [-0.39, 0.29) is 6.01 Å². The Hall–Kier alpha value is -2.43. The third-order valence-electron chi connectivity index (χ3n) is 2.53. The Morgan fingerprint density at radius 3 is 2.39 bits per heavy atom. The van der Waals surface area contributed by atoms with Crippen LogP contribution in [0.15, 0.2) is 30.6 Å². The van der Waals surface area contributed by atoms with Gasteiger partial charge in [0.25, 0.3) is 0 Å². The van der Waals surface area contributed by atoms with Crippen molar-refractivity contribution in [2.24, 2.45) is 0 Å². The van der Waals surface area contributed by atoms with Gasteiger partial charge in [-0.3, -0.25) is 4.79 Å². The Morgan fingerprint density at radius 1 is 1.11 bits per heavy atom. The number of carbonyl (C=O) groups excluding carboxylic acids is 1. The van der Waals surface area contributed by atoms with E-state index < -0.39 is 0 Å². The molecule has 1 heterocycles. The molecule has 0 bridgehead atoms. The molecule has 1 aromatic heterocycles. The van der Waals surface area contributed by atoms with Gasteiger partial charge < -0.3 is 9.47 Å². The maximum absolute atomic E-state index is 11.2. The molecule has 5 heteroatoms. The van der Waals surface area contributed by atoms with Crippen molar-refractivity contribution in [3.8, 4) is 22.9 Å². The van der Waals surface area contributed by atoms with E-state index in [0.29, 0.717) is 11.3 Å². The van der Waals surface area contributed by atoms with Crippen molar-refractivity contribution in [1.29, 1.82) is 0 Å². The average molecular weight is 244 g/mol. The minimum Gasteiger partial charge on any atom is -0.496 e. The summed E-state index contributed by atoms with van der Waals surface area (Å²) in [5.41, 5.74) is 1.94. The van der Waals surface area contributed by atoms with E-state index in [4.69, 9.17) is 9.47 Å². The zero-order valence-corrected chi connectivity index (χ0v) is 10.1. The topological polar surface area (TPSA) is 61.3 Å². The molecule has 0 saturated carbocycles. The predicted molar refractivity (Wildman–Crippen MR) is 66.0 cm³/mol. The van der Waals surface area contributed by atoms with Crippen LogP contribution >= 0.6 is 0 Å². The summed E-state index contributed by atoms with van der Waals surface area (Å²) in [5, 5.41) is 0. The van der Waals surface area contributed by atoms with Gasteiger partial charge in [-0.25, -0.2) is 9.97 Å². The summed E-state index contributed by atoms with van der Waals surface area (Å²) in [6.07, 6.45) is 3.97. The summed E-state index contributed by atoms with van der Waals surface area (Å²) < 4.78 is 10.0. The van der Waals surface area contributed by atoms with Gasteiger partial charge in [0.05, 0.1) is 19.8 Å². The summed E-state index contributed by atoms with van der Waals surface area (Å²) in [6.45, 7) is 0. The van der Waals surface area contributed by atoms with Crippen molar-refractivity contribution >= 4 is 6.29 Å². The molecule has 0 N–H and O–H groups in total. The van der Waals surface area contributed by atoms with Gasteiger partial charge in [0.1, 0.15) is 5.75 Å². The SMILES string of the molecule is COc1ncc(-c2cccc(OC)c2C=O)cn1. The number of rotatable bonds is 4. The van der Waals surface area contributed by atoms with Crippen molar-refractivity contribution in [3.05, 3.63) is 36.2 Å². The molecule has 0 atom stereocenters. The van der Waals surface area contributed by atoms with Crippen LogP contribution in [0.5, 0.6) is 11.8 Å². The summed E-state index contributed by atoms with van der Waals surface area (Å²) >= 11 is 0. The lowest BCUT2D eigenvalue weighted by Crippen LogP contribution is -1.96. The zero-order chi connectivity index (χ0) is 13.0. The highest BCUT2D eigenvalue weighted by Gasteiger charge is 2.10. The van der Waals surface area contributed by atoms with Crippen LogP contribution in [-0.4, -0.2) is 30.5 Å². The Morgan fingerprint density at radius 2 is 1.83 bits per heavy atom. The van der Waals surface area contributed by atoms with Gasteiger partial charge in [-0.05, 0) is 11.6 Å². The van der Waals surface area contributed by atoms with Gasteiger partial charge in [-0.1, -0.05) is 12.1 Å². The first-order valence-corrected chi connectivity index (χ1v) is 5.28. The lowest BCUT2D eigenvalue weighted by Gasteiger charge is -2.09. The van der Waals surface area contributed by atoms with Crippen molar-refractivity contribution in [3.63, 3.8) is 0 Å². The van der Waals surface area contributed by atoms with Crippen LogP contribution in [0.2, 0.25) is 0 Å². The lowest BCUT2D eigenvalue weighted by molar-refractivity contribution is 0.112. The molecular formula is C13H12N2O3. The van der Waals surface area contributed by atoms with E-state index in [2.05, 4.69) is 9.97 Å². The quantitative estimate of drug-likeness (QED) is 0.769. The average Bonchev–Trinajstić information content (AvgIpc) is 2.46. The molecular weight excluding hydrogens is 232 g/mol. The Kier molecular flexibility index (Phi) is 3.52. The van der Waals surface area contributed by atoms with Crippen LogP contribution in [0.4, 0.5) is 0 Å². The van der Waals surface area contributed by atoms with Crippen LogP contribution in [0.25, 0.3) is 11.1 Å². The van der Waals surface area contributed by atoms with E-state index in [1.807, 2.05) is 12.1 Å². The Labute approximate surface area is 104 Å². The maximum Gasteiger partial charge on any atom is 0.316 e. The van der Waals surface area contributed by atoms with Gasteiger partial charge in [0.2, 0.25) is 0 Å². The largest absolute Gasteiger partial charge is 0.496 e. The van der Waals surface area contributed by atoms with E-state index in [1.165, 1.54) is 14.2 Å². The lowest BCUT2D eigenvalue weighted by atomic mass is 10.0. The minimum absolute atomic E-state index is 0.286. The highest BCUT2D eigenvalue weighted by Crippen LogP contribution is 2.28. The molecule has 2 aromatic rings. The third kappa shape index (κ3) is 2.15. The summed E-state index contributed by atoms with van der Waals surface area (Å²) in [6, 6.07) is 5.65. The van der Waals surface area contributed by atoms with Crippen molar-refractivity contribution in [1.82, 2.24) is 9.97 Å². The standard InChI is InChI=1S/C13H12N2O3/c1-17-12-5-3-4-10(11(12)8-16)9-6-14-13(18-2)15-7-9/h3-8H,1-2H3. The fraction of sp³-hybridized carbons (Fsp3) is 0.154. The molecule has 2 rings (SSSR count). The number of hydrogen-bond donors (Lipinski definition) is 0. The molecule has 0 aliphatic carbocycles. The van der Waals surface area contributed by atoms with Gasteiger partial charge >= 0.3 is 6.01 Å². The van der Waals surface area contributed by atoms with Gasteiger partial charge in [-0.15, -0.1) is 0 Å². The van der Waals surface area contributed by atoms with Crippen molar-refractivity contribution < 1.29 is 14.3 Å². The van der Waals surface area contributed by atoms with Crippen LogP contribution in [0, 0.1) is 0 Å². The highest BCUT2D eigenvalue weighted by molar-refractivity contribution is 5.90. The second-order valence-electron chi connectivity index (χ2n) is 3.50. The zero-order valence-electron chi connectivity index (χ0n) is 10.1. The van der Waals surface area contributed by atoms with Crippen LogP contribution in [0.1, 0.15) is 10.4 Å². The molecule has 0 unspecified atom stereocenters. The van der Waals surface area contributed by atoms with Gasteiger partial charge in [0, 0.05) is 18.0 Å². The number of hydrogen-bond acceptors (Lipinski definition) is 5. The highest BCUT2D eigenvalue weighted by atomic mass is 16.5. The summed E-state index contributed by atoms with van der Waals surface area (Å²) in [5.74, 6) is 0.526. The molecule has 0 aliphatic rings. The first kappa shape index (κ1) is 12.0. The predicted octanol–water partition coefficient (Wildman–Crippen LogP) is 1.97. The second-order valence-corrected chi connectivity index (χ2v) is 3.50. The fourth-order valence-electron chi connectivity index (χ4n) is 1.66. The second kappa shape index (κ2) is 5.27. The Bertz CT molecular complexity index is 553. The maximum atomic E-state index is 11.2. The molecule has 18 heavy (non-hydrogen) atoms. The van der Waals surface area contributed by atoms with Crippen molar-refractivity contribution in [2.75, 3.05) is 14.2 Å². The van der Waals surface area contributed by atoms with Gasteiger partial charge in [0.15, 0.2) is 6.29 Å². The molecule has 0 spiro atoms. The van der Waals surface area contributed by atoms with Gasteiger partial charge in [-0.2, -0.15) is 0 Å². The minimum atomic E-state index is 0.286. The molecule has 0 aliphatic heterocycles. The first-order valence-electron chi connectivity index (χ1n) is 5.28. The van der Waals surface area contributed by atoms with E-state index in [9.17, 15) is 4.79 Å². The van der Waals surface area contributed by atoms with E-state index >= 15 is 0 Å².